The molecule has 0 saturated heterocycles. The van der Waals surface area contributed by atoms with Gasteiger partial charge in [0.15, 0.2) is 0 Å². The highest BCUT2D eigenvalue weighted by Gasteiger charge is 3.00. The van der Waals surface area contributed by atoms with Gasteiger partial charge in [-0.15, -0.1) is 0 Å². The molecule has 1 N–H and O–H groups in total. The first kappa shape index (κ1) is 53.1. The Morgan fingerprint density at radius 3 is 1.10 bits per heavy atom. The number of alkyl halides is 29. The van der Waals surface area contributed by atoms with Crippen molar-refractivity contribution in [2.45, 2.75) is 109 Å². The number of halogens is 29. The molecule has 0 bridgehead atoms. The summed E-state index contributed by atoms with van der Waals surface area (Å²) in [5.41, 5.74) is -1.52. The van der Waals surface area contributed by atoms with E-state index in [2.05, 4.69) is 4.99 Å². The van der Waals surface area contributed by atoms with Crippen LogP contribution in [-0.4, -0.2) is 101 Å². The topological polar surface area (TPSA) is 58.5 Å². The largest absolute Gasteiger partial charge is 0.460 e. The fourth-order valence-electron chi connectivity index (χ4n) is 4.28. The predicted octanol–water partition coefficient (Wildman–Crippen LogP) is 11.3. The first-order valence-electron chi connectivity index (χ1n) is 14.0. The van der Waals surface area contributed by atoms with Gasteiger partial charge in [0.25, 0.3) is 5.91 Å². The zero-order valence-corrected chi connectivity index (χ0v) is 27.2. The Bertz CT molecular complexity index is 1770. The molecule has 1 amide bonds. The van der Waals surface area contributed by atoms with Crippen LogP contribution in [0.1, 0.15) is 29.3 Å². The lowest BCUT2D eigenvalue weighted by Gasteiger charge is -2.46. The molecule has 0 heterocycles. The molecule has 33 heteroatoms. The summed E-state index contributed by atoms with van der Waals surface area (Å²) in [5.74, 6) is -123. The van der Waals surface area contributed by atoms with Gasteiger partial charge in [-0.05, 0) is 31.5 Å². The molecule has 1 unspecified atom stereocenters. The highest BCUT2D eigenvalue weighted by molar-refractivity contribution is 5.97. The number of hydrogen-bond donors (Lipinski definition) is 1. The van der Waals surface area contributed by atoms with E-state index in [1.54, 1.807) is 0 Å². The van der Waals surface area contributed by atoms with Gasteiger partial charge in [0.1, 0.15) is 0 Å². The number of hydrogen-bond acceptors (Lipinski definition) is 3. The van der Waals surface area contributed by atoms with Gasteiger partial charge < -0.3 is 5.32 Å². The third-order valence-electron chi connectivity index (χ3n) is 7.81. The van der Waals surface area contributed by atoms with Crippen LogP contribution in [0.2, 0.25) is 0 Å². The van der Waals surface area contributed by atoms with E-state index in [4.69, 9.17) is 0 Å². The standard InChI is InChI=1S/C26H13F29N2O2/c1-8(57-12(59)10-4-3-5-11(9(10)2)56-7-58)6-13(27,28)14(29,30)15(31,32)16(33,34)17(35,36)18(37,38)19(39,40)20(41,42)21(43,44)22(45,46)23(47,48)24(49,50)25(51,52)26(53,54)55/h3-5,8H,6H2,1-2H3,(H,57,59). The molecule has 0 aliphatic carbocycles. The molecule has 59 heavy (non-hydrogen) atoms. The Hall–Kier alpha value is -3.96. The van der Waals surface area contributed by atoms with E-state index >= 15 is 0 Å². The quantitative estimate of drug-likeness (QED) is 0.0961. The monoisotopic (exact) mass is 936 g/mol. The van der Waals surface area contributed by atoms with E-state index in [1.807, 2.05) is 0 Å². The molecular formula is C26H13F29N2O2. The molecule has 0 aliphatic rings. The van der Waals surface area contributed by atoms with Gasteiger partial charge in [0.2, 0.25) is 6.08 Å². The van der Waals surface area contributed by atoms with Crippen LogP contribution in [0.3, 0.4) is 0 Å². The summed E-state index contributed by atoms with van der Waals surface area (Å²) in [5, 5.41) is 1.27. The molecule has 1 aromatic carbocycles. The van der Waals surface area contributed by atoms with Crippen LogP contribution in [0.25, 0.3) is 0 Å². The Morgan fingerprint density at radius 2 is 0.814 bits per heavy atom. The minimum absolute atomic E-state index is 0.0892. The highest BCUT2D eigenvalue weighted by Crippen LogP contribution is 2.69. The summed E-state index contributed by atoms with van der Waals surface area (Å²) in [7, 11) is 0. The molecule has 342 valence electrons. The van der Waals surface area contributed by atoms with Gasteiger partial charge in [-0.1, -0.05) is 6.07 Å². The van der Waals surface area contributed by atoms with Crippen molar-refractivity contribution in [3.05, 3.63) is 29.3 Å². The smallest absolute Gasteiger partial charge is 0.349 e. The Labute approximate surface area is 304 Å². The maximum atomic E-state index is 14.4. The Balaban J connectivity index is 3.80. The fourth-order valence-corrected chi connectivity index (χ4v) is 4.28. The van der Waals surface area contributed by atoms with Gasteiger partial charge in [-0.2, -0.15) is 132 Å². The lowest BCUT2D eigenvalue weighted by atomic mass is 9.83. The molecule has 1 aromatic rings. The predicted molar refractivity (Wildman–Crippen MR) is 131 cm³/mol. The van der Waals surface area contributed by atoms with E-state index in [9.17, 15) is 137 Å². The van der Waals surface area contributed by atoms with Crippen LogP contribution >= 0.6 is 0 Å². The van der Waals surface area contributed by atoms with Crippen molar-refractivity contribution >= 4 is 17.7 Å². The number of carbonyl (C=O) groups excluding carboxylic acids is 2. The summed E-state index contributed by atoms with van der Waals surface area (Å²) >= 11 is 0. The van der Waals surface area contributed by atoms with Gasteiger partial charge in [-0.25, -0.2) is 4.79 Å². The van der Waals surface area contributed by atoms with Crippen molar-refractivity contribution in [3.63, 3.8) is 0 Å². The zero-order chi connectivity index (χ0) is 47.8. The van der Waals surface area contributed by atoms with Gasteiger partial charge in [-0.3, -0.25) is 4.79 Å². The third-order valence-corrected chi connectivity index (χ3v) is 7.81. The molecule has 0 saturated carbocycles. The minimum Gasteiger partial charge on any atom is -0.349 e. The van der Waals surface area contributed by atoms with Crippen molar-refractivity contribution in [3.8, 4) is 0 Å². The normalized spacial score (nSPS) is 16.1. The SMILES string of the molecule is Cc1c(N=C=O)cccc1C(=O)NC(C)CC(F)(F)C(F)(F)C(F)(F)C(F)(F)C(F)(F)C(F)(F)C(F)(F)C(F)(F)C(F)(F)C(F)(F)C(F)(F)C(F)(F)C(F)(F)C(F)(F)F. The van der Waals surface area contributed by atoms with Crippen molar-refractivity contribution in [2.24, 2.45) is 4.99 Å². The van der Waals surface area contributed by atoms with Crippen molar-refractivity contribution in [1.82, 2.24) is 5.32 Å². The minimum atomic E-state index is -9.99. The number of rotatable bonds is 17. The van der Waals surface area contributed by atoms with Crippen LogP contribution in [0.5, 0.6) is 0 Å². The summed E-state index contributed by atoms with van der Waals surface area (Å²) in [6.45, 7) is 1.03. The molecule has 0 aliphatic heterocycles. The first-order valence-corrected chi connectivity index (χ1v) is 14.0. The number of isocyanates is 1. The summed E-state index contributed by atoms with van der Waals surface area (Å²) in [6, 6.07) is -0.223. The lowest BCUT2D eigenvalue weighted by molar-refractivity contribution is -0.487. The second-order valence-electron chi connectivity index (χ2n) is 11.8. The second-order valence-corrected chi connectivity index (χ2v) is 11.8. The maximum absolute atomic E-state index is 14.4. The van der Waals surface area contributed by atoms with Crippen LogP contribution in [-0.2, 0) is 4.79 Å². The van der Waals surface area contributed by atoms with E-state index in [0.29, 0.717) is 0 Å². The molecular weight excluding hydrogens is 923 g/mol. The zero-order valence-electron chi connectivity index (χ0n) is 27.2. The number of aliphatic imine (C=N–C) groups is 1. The molecule has 0 radical (unpaired) electrons. The second kappa shape index (κ2) is 14.6. The van der Waals surface area contributed by atoms with Crippen LogP contribution in [0.15, 0.2) is 23.2 Å². The molecule has 0 spiro atoms. The Morgan fingerprint density at radius 1 is 0.525 bits per heavy atom. The molecule has 0 fully saturated rings. The molecule has 4 nitrogen and oxygen atoms in total. The van der Waals surface area contributed by atoms with Crippen molar-refractivity contribution in [1.29, 1.82) is 0 Å². The lowest BCUT2D eigenvalue weighted by Crippen LogP contribution is -2.79. The maximum Gasteiger partial charge on any atom is 0.460 e. The highest BCUT2D eigenvalue weighted by atomic mass is 19.4. The summed E-state index contributed by atoms with van der Waals surface area (Å²) in [6.07, 6.45) is -10.6. The first-order chi connectivity index (χ1) is 25.5. The van der Waals surface area contributed by atoms with E-state index in [-0.39, 0.29) is 12.5 Å². The number of benzene rings is 1. The average molecular weight is 936 g/mol. The Kier molecular flexibility index (Phi) is 13.1. The number of nitrogens with zero attached hydrogens (tertiary/aromatic N) is 1. The van der Waals surface area contributed by atoms with E-state index < -0.39 is 113 Å². The summed E-state index contributed by atoms with van der Waals surface area (Å²) < 4.78 is 398. The van der Waals surface area contributed by atoms with E-state index in [0.717, 1.165) is 31.2 Å². The average Bonchev–Trinajstić information content (AvgIpc) is 3.03. The summed E-state index contributed by atoms with van der Waals surface area (Å²) in [4.78, 5) is 25.8. The molecule has 0 aromatic heterocycles. The number of nitrogens with one attached hydrogen (secondary N) is 1. The van der Waals surface area contributed by atoms with Crippen LogP contribution in [0.4, 0.5) is 133 Å². The van der Waals surface area contributed by atoms with Crippen LogP contribution in [0, 0.1) is 6.92 Å². The van der Waals surface area contributed by atoms with Gasteiger partial charge in [0, 0.05) is 18.0 Å². The fraction of sp³-hybridized carbons (Fsp3) is 0.692. The van der Waals surface area contributed by atoms with Crippen LogP contribution < -0.4 is 5.32 Å². The van der Waals surface area contributed by atoms with E-state index in [1.165, 1.54) is 5.32 Å². The van der Waals surface area contributed by atoms with Crippen molar-refractivity contribution in [2.75, 3.05) is 0 Å². The van der Waals surface area contributed by atoms with Gasteiger partial charge in [0.05, 0.1) is 5.69 Å². The number of carbonyl (C=O) groups is 1. The molecule has 1 rings (SSSR count). The number of amides is 1. The molecule has 1 atom stereocenters. The third kappa shape index (κ3) is 7.15. The van der Waals surface area contributed by atoms with Gasteiger partial charge >= 0.3 is 83.2 Å². The van der Waals surface area contributed by atoms with Crippen molar-refractivity contribution < 1.29 is 137 Å².